The Balaban J connectivity index is 1.51. The monoisotopic (exact) mass is 409 g/mol. The predicted octanol–water partition coefficient (Wildman–Crippen LogP) is 4.26. The molecular formula is C26H35NO3. The largest absolute Gasteiger partial charge is 0.393 e. The summed E-state index contributed by atoms with van der Waals surface area (Å²) in [6.45, 7) is 4.52. The highest BCUT2D eigenvalue weighted by Crippen LogP contribution is 2.71. The zero-order chi connectivity index (χ0) is 21.4. The molecule has 3 N–H and O–H groups in total. The topological polar surface area (TPSA) is 84.5 Å². The highest BCUT2D eigenvalue weighted by molar-refractivity contribution is 5.38. The molecule has 4 fully saturated rings. The number of aliphatic hydroxyl groups excluding tert-OH is 1. The Bertz CT molecular complexity index is 877. The first-order valence-electron chi connectivity index (χ1n) is 11.8. The fraction of sp³-hybridized carbons (Fsp3) is 0.731. The molecule has 0 heterocycles. The van der Waals surface area contributed by atoms with E-state index < -0.39 is 16.6 Å². The van der Waals surface area contributed by atoms with Crippen LogP contribution in [-0.2, 0) is 5.60 Å². The first kappa shape index (κ1) is 20.5. The van der Waals surface area contributed by atoms with Gasteiger partial charge in [0.1, 0.15) is 0 Å². The van der Waals surface area contributed by atoms with Crippen LogP contribution in [0.4, 0.5) is 0 Å². The van der Waals surface area contributed by atoms with E-state index in [9.17, 15) is 15.3 Å². The minimum Gasteiger partial charge on any atom is -0.393 e. The van der Waals surface area contributed by atoms with Crippen molar-refractivity contribution in [2.45, 2.75) is 88.9 Å². The molecule has 0 aromatic heterocycles. The number of hydrogen-bond donors (Lipinski definition) is 3. The molecule has 0 amide bonds. The van der Waals surface area contributed by atoms with Crippen LogP contribution >= 0.6 is 0 Å². The van der Waals surface area contributed by atoms with Crippen molar-refractivity contribution < 1.29 is 15.3 Å². The lowest BCUT2D eigenvalue weighted by atomic mass is 9.43. The maximum atomic E-state index is 12.3. The van der Waals surface area contributed by atoms with E-state index in [1.165, 1.54) is 0 Å². The highest BCUT2D eigenvalue weighted by atomic mass is 16.3. The van der Waals surface area contributed by atoms with Gasteiger partial charge in [0.05, 0.1) is 28.9 Å². The van der Waals surface area contributed by atoms with Crippen molar-refractivity contribution in [1.29, 1.82) is 5.26 Å². The number of hydrogen-bond acceptors (Lipinski definition) is 4. The molecule has 0 saturated heterocycles. The van der Waals surface area contributed by atoms with Crippen molar-refractivity contribution in [1.82, 2.24) is 0 Å². The third-order valence-corrected chi connectivity index (χ3v) is 10.5. The summed E-state index contributed by atoms with van der Waals surface area (Å²) in [4.78, 5) is 0. The molecule has 0 radical (unpaired) electrons. The Morgan fingerprint density at radius 3 is 2.33 bits per heavy atom. The van der Waals surface area contributed by atoms with Crippen LogP contribution in [0.25, 0.3) is 0 Å². The van der Waals surface area contributed by atoms with Gasteiger partial charge in [0.2, 0.25) is 0 Å². The molecule has 30 heavy (non-hydrogen) atoms. The number of nitriles is 1. The molecular weight excluding hydrogens is 374 g/mol. The van der Waals surface area contributed by atoms with Crippen LogP contribution in [0.5, 0.6) is 0 Å². The Hall–Kier alpha value is -1.41. The van der Waals surface area contributed by atoms with Gasteiger partial charge in [0.15, 0.2) is 0 Å². The van der Waals surface area contributed by atoms with Crippen molar-refractivity contribution in [3.63, 3.8) is 0 Å². The number of fused-ring (bicyclic) bond motifs is 5. The average molecular weight is 410 g/mol. The van der Waals surface area contributed by atoms with Gasteiger partial charge in [-0.2, -0.15) is 5.26 Å². The first-order valence-corrected chi connectivity index (χ1v) is 11.8. The van der Waals surface area contributed by atoms with Gasteiger partial charge in [-0.05, 0) is 98.7 Å². The molecule has 0 aliphatic heterocycles. The van der Waals surface area contributed by atoms with E-state index in [1.807, 2.05) is 12.1 Å². The van der Waals surface area contributed by atoms with Crippen molar-refractivity contribution in [2.75, 3.05) is 0 Å². The fourth-order valence-electron chi connectivity index (χ4n) is 8.50. The lowest BCUT2D eigenvalue weighted by Gasteiger charge is -2.64. The summed E-state index contributed by atoms with van der Waals surface area (Å²) >= 11 is 0. The maximum Gasteiger partial charge on any atom is 0.0991 e. The van der Waals surface area contributed by atoms with Crippen LogP contribution in [0.1, 0.15) is 82.8 Å². The predicted molar refractivity (Wildman–Crippen MR) is 114 cm³/mol. The summed E-state index contributed by atoms with van der Waals surface area (Å²) in [5.74, 6) is 1.22. The minimum absolute atomic E-state index is 0.162. The van der Waals surface area contributed by atoms with E-state index in [0.717, 1.165) is 50.5 Å². The van der Waals surface area contributed by atoms with Gasteiger partial charge >= 0.3 is 0 Å². The summed E-state index contributed by atoms with van der Waals surface area (Å²) in [5.41, 5.74) is -0.917. The SMILES string of the molecule is C[C@]12CCC(O)CC1CC[C@@H]1[C@H]2CC[C@]2(C)C(O)(c3ccc(C#N)cc3)CC[C@@]12O. The molecule has 0 bridgehead atoms. The van der Waals surface area contributed by atoms with Crippen molar-refractivity contribution >= 4 is 0 Å². The number of rotatable bonds is 1. The third kappa shape index (κ3) is 2.43. The van der Waals surface area contributed by atoms with Gasteiger partial charge in [-0.15, -0.1) is 0 Å². The number of benzene rings is 1. The lowest BCUT2D eigenvalue weighted by molar-refractivity contribution is -0.238. The van der Waals surface area contributed by atoms with Crippen LogP contribution in [0.2, 0.25) is 0 Å². The molecule has 3 unspecified atom stereocenters. The van der Waals surface area contributed by atoms with E-state index >= 15 is 0 Å². The third-order valence-electron chi connectivity index (χ3n) is 10.5. The lowest BCUT2D eigenvalue weighted by Crippen LogP contribution is -2.64. The smallest absolute Gasteiger partial charge is 0.0991 e. The summed E-state index contributed by atoms with van der Waals surface area (Å²) in [5, 5.41) is 43.6. The van der Waals surface area contributed by atoms with Gasteiger partial charge in [-0.1, -0.05) is 26.0 Å². The normalized spacial score (nSPS) is 50.1. The van der Waals surface area contributed by atoms with Gasteiger partial charge in [0.25, 0.3) is 0 Å². The van der Waals surface area contributed by atoms with E-state index in [1.54, 1.807) is 12.1 Å². The summed E-state index contributed by atoms with van der Waals surface area (Å²) in [6.07, 6.45) is 7.77. The second-order valence-electron chi connectivity index (χ2n) is 11.3. The number of nitrogens with zero attached hydrogens (tertiary/aromatic N) is 1. The zero-order valence-corrected chi connectivity index (χ0v) is 18.3. The van der Waals surface area contributed by atoms with Crippen molar-refractivity contribution in [3.8, 4) is 6.07 Å². The Kier molecular flexibility index (Phi) is 4.47. The van der Waals surface area contributed by atoms with Gasteiger partial charge in [-0.3, -0.25) is 0 Å². The molecule has 4 aliphatic rings. The Morgan fingerprint density at radius 2 is 1.63 bits per heavy atom. The molecule has 0 spiro atoms. The summed E-state index contributed by atoms with van der Waals surface area (Å²) in [6, 6.07) is 9.46. The van der Waals surface area contributed by atoms with E-state index in [4.69, 9.17) is 5.26 Å². The fourth-order valence-corrected chi connectivity index (χ4v) is 8.50. The molecule has 1 aromatic carbocycles. The molecule has 162 valence electrons. The van der Waals surface area contributed by atoms with Crippen LogP contribution in [0.15, 0.2) is 24.3 Å². The summed E-state index contributed by atoms with van der Waals surface area (Å²) in [7, 11) is 0. The molecule has 4 aliphatic carbocycles. The zero-order valence-electron chi connectivity index (χ0n) is 18.3. The van der Waals surface area contributed by atoms with Crippen LogP contribution in [0, 0.1) is 39.9 Å². The molecule has 4 nitrogen and oxygen atoms in total. The molecule has 1 aromatic rings. The summed E-state index contributed by atoms with van der Waals surface area (Å²) < 4.78 is 0. The van der Waals surface area contributed by atoms with E-state index in [0.29, 0.717) is 30.2 Å². The molecule has 5 rings (SSSR count). The highest BCUT2D eigenvalue weighted by Gasteiger charge is 2.71. The Morgan fingerprint density at radius 1 is 0.900 bits per heavy atom. The molecule has 4 saturated carbocycles. The van der Waals surface area contributed by atoms with Crippen LogP contribution < -0.4 is 0 Å². The van der Waals surface area contributed by atoms with Gasteiger partial charge < -0.3 is 15.3 Å². The number of aliphatic hydroxyl groups is 3. The standard InChI is InChI=1S/C26H35NO3/c1-23-11-9-20(28)15-19(23)7-8-22-21(23)10-12-24(2)25(29,13-14-26(22,24)30)18-5-3-17(16-27)4-6-18/h3-6,19-22,28-30H,7-15H2,1-2H3/t19?,20?,21-,22-,23+,24-,25?,26-/m1/s1. The first-order chi connectivity index (χ1) is 14.2. The van der Waals surface area contributed by atoms with E-state index in [-0.39, 0.29) is 17.4 Å². The quantitative estimate of drug-likeness (QED) is 0.647. The average Bonchev–Trinajstić information content (AvgIpc) is 2.96. The second-order valence-corrected chi connectivity index (χ2v) is 11.3. The second kappa shape index (κ2) is 6.55. The van der Waals surface area contributed by atoms with Gasteiger partial charge in [0, 0.05) is 5.41 Å². The van der Waals surface area contributed by atoms with Crippen LogP contribution in [-0.4, -0.2) is 27.0 Å². The van der Waals surface area contributed by atoms with Crippen molar-refractivity contribution in [3.05, 3.63) is 35.4 Å². The molecule has 8 atom stereocenters. The maximum absolute atomic E-state index is 12.3. The molecule has 4 heteroatoms. The Labute approximate surface area is 179 Å². The van der Waals surface area contributed by atoms with Gasteiger partial charge in [-0.25, -0.2) is 0 Å². The van der Waals surface area contributed by atoms with Crippen LogP contribution in [0.3, 0.4) is 0 Å². The minimum atomic E-state index is -1.07. The van der Waals surface area contributed by atoms with Crippen molar-refractivity contribution in [2.24, 2.45) is 28.6 Å². The van der Waals surface area contributed by atoms with E-state index in [2.05, 4.69) is 19.9 Å².